The summed E-state index contributed by atoms with van der Waals surface area (Å²) in [6.45, 7) is 1.81. The number of ether oxygens (including phenoxy) is 1. The number of esters is 1. The molecule has 0 atom stereocenters. The van der Waals surface area contributed by atoms with Gasteiger partial charge < -0.3 is 10.1 Å². The van der Waals surface area contributed by atoms with Crippen molar-refractivity contribution < 1.29 is 19.1 Å². The number of hydrogen-bond donors (Lipinski definition) is 2. The van der Waals surface area contributed by atoms with E-state index < -0.39 is 17.8 Å². The smallest absolute Gasteiger partial charge is 0.345 e. The van der Waals surface area contributed by atoms with E-state index in [2.05, 4.69) is 31.8 Å². The first kappa shape index (κ1) is 23.2. The number of carbonyl (C=O) groups is 3. The summed E-state index contributed by atoms with van der Waals surface area (Å²) < 4.78 is 6.13. The fourth-order valence-electron chi connectivity index (χ4n) is 2.60. The van der Waals surface area contributed by atoms with Crippen LogP contribution in [-0.2, 0) is 9.59 Å². The van der Waals surface area contributed by atoms with E-state index in [4.69, 9.17) is 16.3 Å². The second kappa shape index (κ2) is 10.7. The Balaban J connectivity index is 1.69. The van der Waals surface area contributed by atoms with Crippen LogP contribution in [0.25, 0.3) is 0 Å². The summed E-state index contributed by atoms with van der Waals surface area (Å²) in [5, 5.41) is 6.58. The first-order valence-electron chi connectivity index (χ1n) is 9.31. The summed E-state index contributed by atoms with van der Waals surface area (Å²) in [6.07, 6.45) is 1.26. The van der Waals surface area contributed by atoms with Gasteiger partial charge >= 0.3 is 17.8 Å². The Kier molecular flexibility index (Phi) is 7.75. The van der Waals surface area contributed by atoms with Crippen molar-refractivity contribution in [3.8, 4) is 5.75 Å². The number of nitrogens with one attached hydrogen (secondary N) is 2. The highest BCUT2D eigenvalue weighted by atomic mass is 79.9. The molecule has 0 unspecified atom stereocenters. The molecule has 162 valence electrons. The zero-order valence-electron chi connectivity index (χ0n) is 16.8. The number of anilines is 1. The van der Waals surface area contributed by atoms with Crippen LogP contribution in [0.2, 0.25) is 5.02 Å². The number of hydrogen-bond acceptors (Lipinski definition) is 5. The standard InChI is InChI=1S/C23H17BrClN3O4/c1-14-6-2-5-9-19(14)27-21(29)22(30)28-26-13-15-12-16(24)10-11-20(15)32-23(31)17-7-3-4-8-18(17)25/h2-13H,1H3,(H,27,29)(H,28,30)/b26-13+. The molecule has 7 nitrogen and oxygen atoms in total. The van der Waals surface area contributed by atoms with Crippen LogP contribution in [0.4, 0.5) is 5.69 Å². The van der Waals surface area contributed by atoms with Gasteiger partial charge in [-0.05, 0) is 48.9 Å². The maximum Gasteiger partial charge on any atom is 0.345 e. The Hall–Kier alpha value is -3.49. The van der Waals surface area contributed by atoms with E-state index in [9.17, 15) is 14.4 Å². The summed E-state index contributed by atoms with van der Waals surface area (Å²) in [7, 11) is 0. The molecule has 32 heavy (non-hydrogen) atoms. The molecule has 0 bridgehead atoms. The van der Waals surface area contributed by atoms with Crippen molar-refractivity contribution in [1.82, 2.24) is 5.43 Å². The summed E-state index contributed by atoms with van der Waals surface area (Å²) in [4.78, 5) is 36.6. The molecule has 0 aliphatic heterocycles. The Morgan fingerprint density at radius 1 is 1.00 bits per heavy atom. The van der Waals surface area contributed by atoms with Gasteiger partial charge in [0.2, 0.25) is 0 Å². The van der Waals surface area contributed by atoms with Crippen molar-refractivity contribution in [2.45, 2.75) is 6.92 Å². The lowest BCUT2D eigenvalue weighted by Crippen LogP contribution is -2.32. The SMILES string of the molecule is Cc1ccccc1NC(=O)C(=O)N/N=C/c1cc(Br)ccc1OC(=O)c1ccccc1Cl. The Morgan fingerprint density at radius 2 is 1.72 bits per heavy atom. The van der Waals surface area contributed by atoms with Crippen LogP contribution in [0, 0.1) is 6.92 Å². The highest BCUT2D eigenvalue weighted by molar-refractivity contribution is 9.10. The number of nitrogens with zero attached hydrogens (tertiary/aromatic N) is 1. The third-order valence-electron chi connectivity index (χ3n) is 4.24. The molecule has 0 aromatic heterocycles. The van der Waals surface area contributed by atoms with Crippen LogP contribution in [0.5, 0.6) is 5.75 Å². The van der Waals surface area contributed by atoms with Gasteiger partial charge in [0.1, 0.15) is 5.75 Å². The quantitative estimate of drug-likeness (QED) is 0.169. The average Bonchev–Trinajstić information content (AvgIpc) is 2.77. The van der Waals surface area contributed by atoms with Gasteiger partial charge in [-0.1, -0.05) is 57.9 Å². The molecular weight excluding hydrogens is 498 g/mol. The van der Waals surface area contributed by atoms with E-state index >= 15 is 0 Å². The summed E-state index contributed by atoms with van der Waals surface area (Å²) in [5.41, 5.74) is 4.09. The minimum absolute atomic E-state index is 0.195. The molecule has 3 aromatic rings. The molecule has 3 rings (SSSR count). The van der Waals surface area contributed by atoms with E-state index in [0.29, 0.717) is 15.7 Å². The lowest BCUT2D eigenvalue weighted by molar-refractivity contribution is -0.136. The Labute approximate surface area is 197 Å². The summed E-state index contributed by atoms with van der Waals surface area (Å²) in [6, 6.07) is 18.4. The molecule has 2 N–H and O–H groups in total. The molecule has 0 heterocycles. The topological polar surface area (TPSA) is 96.9 Å². The van der Waals surface area contributed by atoms with E-state index in [1.165, 1.54) is 6.21 Å². The number of amides is 2. The highest BCUT2D eigenvalue weighted by Gasteiger charge is 2.16. The molecule has 0 saturated heterocycles. The van der Waals surface area contributed by atoms with Crippen LogP contribution in [0.15, 0.2) is 76.3 Å². The van der Waals surface area contributed by atoms with Crippen LogP contribution in [-0.4, -0.2) is 24.0 Å². The Bertz CT molecular complexity index is 1210. The minimum Gasteiger partial charge on any atom is -0.422 e. The van der Waals surface area contributed by atoms with Crippen molar-refractivity contribution in [2.24, 2.45) is 5.10 Å². The third kappa shape index (κ3) is 6.03. The van der Waals surface area contributed by atoms with Crippen molar-refractivity contribution in [2.75, 3.05) is 5.32 Å². The van der Waals surface area contributed by atoms with Crippen molar-refractivity contribution in [3.05, 3.63) is 92.9 Å². The number of carbonyl (C=O) groups excluding carboxylic acids is 3. The second-order valence-corrected chi connectivity index (χ2v) is 7.84. The van der Waals surface area contributed by atoms with Gasteiger partial charge in [0.15, 0.2) is 0 Å². The van der Waals surface area contributed by atoms with Gasteiger partial charge in [-0.25, -0.2) is 10.2 Å². The summed E-state index contributed by atoms with van der Waals surface area (Å²) in [5.74, 6) is -2.26. The van der Waals surface area contributed by atoms with Crippen LogP contribution < -0.4 is 15.5 Å². The Morgan fingerprint density at radius 3 is 2.47 bits per heavy atom. The molecule has 0 aliphatic carbocycles. The van der Waals surface area contributed by atoms with Crippen LogP contribution >= 0.6 is 27.5 Å². The highest BCUT2D eigenvalue weighted by Crippen LogP contribution is 2.24. The summed E-state index contributed by atoms with van der Waals surface area (Å²) >= 11 is 9.38. The monoisotopic (exact) mass is 513 g/mol. The normalized spacial score (nSPS) is 10.6. The number of rotatable bonds is 5. The van der Waals surface area contributed by atoms with Crippen molar-refractivity contribution >= 4 is 57.2 Å². The molecule has 3 aromatic carbocycles. The molecule has 0 saturated carbocycles. The van der Waals surface area contributed by atoms with E-state index in [1.54, 1.807) is 54.6 Å². The van der Waals surface area contributed by atoms with Crippen LogP contribution in [0.1, 0.15) is 21.5 Å². The second-order valence-electron chi connectivity index (χ2n) is 6.52. The van der Waals surface area contributed by atoms with Gasteiger partial charge in [0.25, 0.3) is 0 Å². The zero-order valence-corrected chi connectivity index (χ0v) is 19.1. The van der Waals surface area contributed by atoms with Gasteiger partial charge in [-0.2, -0.15) is 5.10 Å². The fraction of sp³-hybridized carbons (Fsp3) is 0.0435. The number of aryl methyl sites for hydroxylation is 1. The number of benzene rings is 3. The van der Waals surface area contributed by atoms with Crippen molar-refractivity contribution in [3.63, 3.8) is 0 Å². The molecular formula is C23H17BrClN3O4. The molecule has 0 spiro atoms. The lowest BCUT2D eigenvalue weighted by atomic mass is 10.2. The maximum atomic E-state index is 12.5. The lowest BCUT2D eigenvalue weighted by Gasteiger charge is -2.09. The fourth-order valence-corrected chi connectivity index (χ4v) is 3.19. The molecule has 9 heteroatoms. The van der Waals surface area contributed by atoms with Gasteiger partial charge in [0.05, 0.1) is 16.8 Å². The number of hydrazone groups is 1. The molecule has 2 amide bonds. The third-order valence-corrected chi connectivity index (χ3v) is 5.06. The van der Waals surface area contributed by atoms with E-state index in [0.717, 1.165) is 5.56 Å². The van der Waals surface area contributed by atoms with Crippen LogP contribution in [0.3, 0.4) is 0 Å². The average molecular weight is 515 g/mol. The first-order valence-corrected chi connectivity index (χ1v) is 10.5. The molecule has 0 radical (unpaired) electrons. The number of para-hydroxylation sites is 1. The van der Waals surface area contributed by atoms with E-state index in [-0.39, 0.29) is 16.3 Å². The predicted molar refractivity (Wildman–Crippen MR) is 126 cm³/mol. The van der Waals surface area contributed by atoms with Gasteiger partial charge in [0, 0.05) is 15.7 Å². The van der Waals surface area contributed by atoms with Crippen molar-refractivity contribution in [1.29, 1.82) is 0 Å². The predicted octanol–water partition coefficient (Wildman–Crippen LogP) is 4.72. The first-order chi connectivity index (χ1) is 15.3. The maximum absolute atomic E-state index is 12.5. The van der Waals surface area contributed by atoms with Gasteiger partial charge in [-0.3, -0.25) is 9.59 Å². The number of halogens is 2. The molecule has 0 aliphatic rings. The largest absolute Gasteiger partial charge is 0.422 e. The minimum atomic E-state index is -0.950. The molecule has 0 fully saturated rings. The van der Waals surface area contributed by atoms with Gasteiger partial charge in [-0.15, -0.1) is 0 Å². The zero-order chi connectivity index (χ0) is 23.1. The van der Waals surface area contributed by atoms with E-state index in [1.807, 2.05) is 19.1 Å².